The first-order valence-corrected chi connectivity index (χ1v) is 18.4. The van der Waals surface area contributed by atoms with E-state index in [4.69, 9.17) is 17.3 Å². The fraction of sp³-hybridized carbons (Fsp3) is 0.471. The topological polar surface area (TPSA) is 122 Å². The Bertz CT molecular complexity index is 1570. The van der Waals surface area contributed by atoms with Crippen molar-refractivity contribution in [2.24, 2.45) is 28.9 Å². The Kier molecular flexibility index (Phi) is 9.68. The standard InChI is InChI=1S/C27H34ClN3O3S2.C7H7NO/c28-22-3-1-21(2-4-22)26(32)29-15-24-5-6-25(35-24)36(33,34)31-8-7-23(16-31)30-17-27-12-18-9-19(13-27)11-20(10-18)14-27;8-7(9)6-4-2-1-3-5-6/h1-6,18-20,23,30H,7-17H2,(H,29,32);1-5H,(H2,8,9). The number of rotatable bonds is 9. The maximum atomic E-state index is 13.3. The number of benzene rings is 2. The molecular weight excluding hydrogens is 628 g/mol. The molecule has 0 spiro atoms. The van der Waals surface area contributed by atoms with Gasteiger partial charge in [-0.3, -0.25) is 9.59 Å². The maximum absolute atomic E-state index is 13.3. The number of carbonyl (C=O) groups is 2. The molecule has 4 bridgehead atoms. The molecule has 45 heavy (non-hydrogen) atoms. The first kappa shape index (κ1) is 32.2. The molecule has 8 rings (SSSR count). The summed E-state index contributed by atoms with van der Waals surface area (Å²) in [4.78, 5) is 23.6. The molecule has 8 nitrogen and oxygen atoms in total. The predicted octanol–water partition coefficient (Wildman–Crippen LogP) is 5.69. The monoisotopic (exact) mass is 668 g/mol. The normalized spacial score (nSPS) is 27.1. The molecule has 240 valence electrons. The third kappa shape index (κ3) is 7.63. The zero-order chi connectivity index (χ0) is 31.6. The van der Waals surface area contributed by atoms with Crippen LogP contribution in [0.2, 0.25) is 5.02 Å². The van der Waals surface area contributed by atoms with Gasteiger partial charge in [-0.2, -0.15) is 4.31 Å². The molecule has 4 saturated carbocycles. The van der Waals surface area contributed by atoms with Gasteiger partial charge in [0.1, 0.15) is 4.21 Å². The van der Waals surface area contributed by atoms with Crippen LogP contribution in [0.5, 0.6) is 0 Å². The summed E-state index contributed by atoms with van der Waals surface area (Å²) < 4.78 is 28.6. The van der Waals surface area contributed by atoms with Crippen molar-refractivity contribution in [3.8, 4) is 0 Å². The number of amides is 2. The Hall–Kier alpha value is -2.76. The maximum Gasteiger partial charge on any atom is 0.252 e. The molecular formula is C34H41ClN4O4S2. The molecule has 1 unspecified atom stereocenters. The van der Waals surface area contributed by atoms with Crippen LogP contribution >= 0.6 is 22.9 Å². The average Bonchev–Trinajstić information content (AvgIpc) is 3.71. The number of hydrogen-bond donors (Lipinski definition) is 3. The molecule has 1 aliphatic heterocycles. The highest BCUT2D eigenvalue weighted by Gasteiger charge is 2.50. The number of carbonyl (C=O) groups excluding carboxylic acids is 2. The zero-order valence-corrected chi connectivity index (χ0v) is 27.7. The van der Waals surface area contributed by atoms with Crippen LogP contribution in [-0.2, 0) is 16.6 Å². The number of nitrogens with two attached hydrogens (primary N) is 1. The van der Waals surface area contributed by atoms with Crippen molar-refractivity contribution in [3.63, 3.8) is 0 Å². The lowest BCUT2D eigenvalue weighted by Gasteiger charge is -2.57. The van der Waals surface area contributed by atoms with Gasteiger partial charge in [0.25, 0.3) is 15.9 Å². The molecule has 2 aromatic carbocycles. The van der Waals surface area contributed by atoms with Crippen LogP contribution in [0.15, 0.2) is 70.9 Å². The quantitative estimate of drug-likeness (QED) is 0.271. The first-order valence-electron chi connectivity index (χ1n) is 15.8. The summed E-state index contributed by atoms with van der Waals surface area (Å²) in [7, 11) is -3.53. The lowest BCUT2D eigenvalue weighted by Crippen LogP contribution is -2.52. The van der Waals surface area contributed by atoms with Gasteiger partial charge in [-0.25, -0.2) is 8.42 Å². The minimum atomic E-state index is -3.53. The van der Waals surface area contributed by atoms with E-state index in [1.165, 1.54) is 49.9 Å². The van der Waals surface area contributed by atoms with E-state index in [0.717, 1.165) is 35.6 Å². The minimum Gasteiger partial charge on any atom is -0.366 e. The van der Waals surface area contributed by atoms with E-state index in [9.17, 15) is 18.0 Å². The van der Waals surface area contributed by atoms with Crippen molar-refractivity contribution in [1.29, 1.82) is 0 Å². The molecule has 11 heteroatoms. The smallest absolute Gasteiger partial charge is 0.252 e. The Morgan fingerprint density at radius 2 is 1.56 bits per heavy atom. The van der Waals surface area contributed by atoms with Crippen LogP contribution in [0.25, 0.3) is 0 Å². The SMILES string of the molecule is NC(=O)c1ccccc1.O=C(NCc1ccc(S(=O)(=O)N2CCC(NCC34CC5CC(CC(C5)C3)C4)C2)s1)c1ccc(Cl)cc1. The number of sulfonamides is 1. The Morgan fingerprint density at radius 3 is 2.16 bits per heavy atom. The van der Waals surface area contributed by atoms with Crippen LogP contribution in [0.3, 0.4) is 0 Å². The molecule has 4 N–H and O–H groups in total. The second kappa shape index (κ2) is 13.5. The van der Waals surface area contributed by atoms with Crippen molar-refractivity contribution in [3.05, 3.63) is 87.8 Å². The summed E-state index contributed by atoms with van der Waals surface area (Å²) in [6, 6.07) is 19.1. The van der Waals surface area contributed by atoms with Gasteiger partial charge >= 0.3 is 0 Å². The highest BCUT2D eigenvalue weighted by Crippen LogP contribution is 2.59. The van der Waals surface area contributed by atoms with Gasteiger partial charge in [0.2, 0.25) is 5.91 Å². The van der Waals surface area contributed by atoms with E-state index in [1.807, 2.05) is 6.07 Å². The van der Waals surface area contributed by atoms with Crippen molar-refractivity contribution in [2.45, 2.75) is 61.7 Å². The minimum absolute atomic E-state index is 0.211. The average molecular weight is 669 g/mol. The molecule has 4 aliphatic carbocycles. The van der Waals surface area contributed by atoms with E-state index >= 15 is 0 Å². The van der Waals surface area contributed by atoms with Gasteiger partial charge in [-0.05, 0) is 117 Å². The molecule has 1 saturated heterocycles. The second-order valence-corrected chi connectivity index (χ2v) is 17.1. The largest absolute Gasteiger partial charge is 0.366 e. The van der Waals surface area contributed by atoms with Crippen LogP contribution < -0.4 is 16.4 Å². The highest BCUT2D eigenvalue weighted by atomic mass is 35.5. The van der Waals surface area contributed by atoms with Crippen molar-refractivity contribution in [2.75, 3.05) is 19.6 Å². The summed E-state index contributed by atoms with van der Waals surface area (Å²) in [5, 5.41) is 7.22. The molecule has 1 aromatic heterocycles. The molecule has 2 heterocycles. The Morgan fingerprint density at radius 1 is 0.911 bits per heavy atom. The van der Waals surface area contributed by atoms with Gasteiger partial charge < -0.3 is 16.4 Å². The molecule has 5 aliphatic rings. The molecule has 2 amide bonds. The summed E-state index contributed by atoms with van der Waals surface area (Å²) in [5.41, 5.74) is 6.51. The van der Waals surface area contributed by atoms with Crippen molar-refractivity contribution in [1.82, 2.24) is 14.9 Å². The third-order valence-corrected chi connectivity index (χ3v) is 13.6. The predicted molar refractivity (Wildman–Crippen MR) is 178 cm³/mol. The number of nitrogens with zero attached hydrogens (tertiary/aromatic N) is 1. The summed E-state index contributed by atoms with van der Waals surface area (Å²) in [6.45, 7) is 2.43. The molecule has 0 radical (unpaired) electrons. The number of thiophene rings is 1. The van der Waals surface area contributed by atoms with Crippen LogP contribution in [0.4, 0.5) is 0 Å². The molecule has 3 aromatic rings. The summed E-state index contributed by atoms with van der Waals surface area (Å²) in [6.07, 6.45) is 9.31. The lowest BCUT2D eigenvalue weighted by molar-refractivity contribution is -0.0522. The second-order valence-electron chi connectivity index (χ2n) is 13.3. The van der Waals surface area contributed by atoms with Crippen molar-refractivity contribution < 1.29 is 18.0 Å². The first-order chi connectivity index (χ1) is 21.6. The van der Waals surface area contributed by atoms with Gasteiger partial charge in [0.15, 0.2) is 0 Å². The number of primary amides is 1. The zero-order valence-electron chi connectivity index (χ0n) is 25.3. The summed E-state index contributed by atoms with van der Waals surface area (Å²) >= 11 is 7.12. The Labute approximate surface area is 274 Å². The fourth-order valence-electron chi connectivity index (χ4n) is 8.17. The van der Waals surface area contributed by atoms with Crippen LogP contribution in [-0.4, -0.2) is 50.2 Å². The van der Waals surface area contributed by atoms with Gasteiger partial charge in [-0.15, -0.1) is 11.3 Å². The van der Waals surface area contributed by atoms with E-state index in [1.54, 1.807) is 65.0 Å². The van der Waals surface area contributed by atoms with E-state index in [-0.39, 0.29) is 24.4 Å². The van der Waals surface area contributed by atoms with Gasteiger partial charge in [-0.1, -0.05) is 29.8 Å². The van der Waals surface area contributed by atoms with E-state index in [2.05, 4.69) is 10.6 Å². The summed E-state index contributed by atoms with van der Waals surface area (Å²) in [5.74, 6) is 2.21. The highest BCUT2D eigenvalue weighted by molar-refractivity contribution is 7.91. The Balaban J connectivity index is 0.000000343. The van der Waals surface area contributed by atoms with E-state index < -0.39 is 10.0 Å². The molecule has 5 fully saturated rings. The van der Waals surface area contributed by atoms with E-state index in [0.29, 0.717) is 38.9 Å². The lowest BCUT2D eigenvalue weighted by atomic mass is 9.49. The number of nitrogens with one attached hydrogen (secondary N) is 2. The van der Waals surface area contributed by atoms with Crippen LogP contribution in [0, 0.1) is 23.2 Å². The third-order valence-electron chi connectivity index (χ3n) is 9.90. The number of hydrogen-bond acceptors (Lipinski definition) is 6. The molecule has 1 atom stereocenters. The fourth-order valence-corrected chi connectivity index (χ4v) is 11.2. The van der Waals surface area contributed by atoms with Gasteiger partial charge in [0.05, 0.1) is 6.54 Å². The van der Waals surface area contributed by atoms with Crippen LogP contribution in [0.1, 0.15) is 70.5 Å². The van der Waals surface area contributed by atoms with Gasteiger partial charge in [0, 0.05) is 46.7 Å². The number of halogens is 1. The van der Waals surface area contributed by atoms with Crippen molar-refractivity contribution >= 4 is 44.8 Å².